The molecule has 3 aromatic rings. The molecule has 2 N–H and O–H groups in total. The lowest BCUT2D eigenvalue weighted by atomic mass is 10.00. The third-order valence-corrected chi connectivity index (χ3v) is 5.94. The molecule has 0 amide bonds. The smallest absolute Gasteiger partial charge is 0.324 e. The van der Waals surface area contributed by atoms with Crippen LogP contribution in [0.4, 0.5) is 5.69 Å². The van der Waals surface area contributed by atoms with Crippen molar-refractivity contribution in [2.45, 2.75) is 38.8 Å². The molecule has 5 nitrogen and oxygen atoms in total. The van der Waals surface area contributed by atoms with Crippen molar-refractivity contribution in [3.05, 3.63) is 94.0 Å². The largest absolute Gasteiger partial charge is 0.487 e. The number of rotatable bonds is 8. The van der Waals surface area contributed by atoms with Gasteiger partial charge >= 0.3 is 5.97 Å². The number of para-hydroxylation sites is 1. The molecule has 6 heteroatoms. The highest BCUT2D eigenvalue weighted by Gasteiger charge is 2.21. The molecule has 0 fully saturated rings. The number of halogens is 1. The summed E-state index contributed by atoms with van der Waals surface area (Å²) in [7, 11) is 0. The van der Waals surface area contributed by atoms with E-state index in [9.17, 15) is 4.79 Å². The van der Waals surface area contributed by atoms with Crippen molar-refractivity contribution in [1.82, 2.24) is 0 Å². The van der Waals surface area contributed by atoms with Gasteiger partial charge in [0.25, 0.3) is 0 Å². The number of carbonyl (C=O) groups is 1. The fourth-order valence-electron chi connectivity index (χ4n) is 4.10. The number of hydrogen-bond donors (Lipinski definition) is 1. The van der Waals surface area contributed by atoms with Crippen molar-refractivity contribution in [2.75, 3.05) is 11.4 Å². The number of ether oxygens (including phenoxy) is 1. The topological polar surface area (TPSA) is 64.8 Å². The van der Waals surface area contributed by atoms with Gasteiger partial charge in [-0.25, -0.2) is 0 Å². The summed E-state index contributed by atoms with van der Waals surface area (Å²) < 4.78 is 6.28. The van der Waals surface area contributed by atoms with Gasteiger partial charge in [-0.3, -0.25) is 4.79 Å². The predicted molar refractivity (Wildman–Crippen MR) is 127 cm³/mol. The van der Waals surface area contributed by atoms with Crippen molar-refractivity contribution >= 4 is 23.3 Å². The fraction of sp³-hybridized carbons (Fsp3) is 0.269. The number of fused-ring (bicyclic) bond motifs is 1. The van der Waals surface area contributed by atoms with E-state index in [0.29, 0.717) is 13.0 Å². The minimum Gasteiger partial charge on any atom is -0.487 e. The van der Waals surface area contributed by atoms with Crippen LogP contribution in [0.15, 0.2) is 66.7 Å². The van der Waals surface area contributed by atoms with Crippen molar-refractivity contribution < 1.29 is 14.4 Å². The van der Waals surface area contributed by atoms with Gasteiger partial charge in [0.2, 0.25) is 0 Å². The number of anilines is 1. The first-order valence-electron chi connectivity index (χ1n) is 10.8. The molecule has 0 aliphatic carbocycles. The summed E-state index contributed by atoms with van der Waals surface area (Å²) in [5, 5.41) is 0.757. The molecule has 1 aliphatic rings. The van der Waals surface area contributed by atoms with E-state index in [1.165, 1.54) is 16.8 Å². The summed E-state index contributed by atoms with van der Waals surface area (Å²) in [6, 6.07) is 22.4. The van der Waals surface area contributed by atoms with Crippen molar-refractivity contribution in [3.8, 4) is 5.75 Å². The molecule has 1 heterocycles. The Morgan fingerprint density at radius 1 is 1.00 bits per heavy atom. The molecule has 166 valence electrons. The molecule has 3 aromatic carbocycles. The third kappa shape index (κ3) is 5.61. The third-order valence-electron chi connectivity index (χ3n) is 5.70. The number of nitrogens with zero attached hydrogens (tertiary/aromatic N) is 1. The van der Waals surface area contributed by atoms with Gasteiger partial charge in [-0.15, -0.1) is 0 Å². The Morgan fingerprint density at radius 2 is 1.78 bits per heavy atom. The van der Waals surface area contributed by atoms with Crippen molar-refractivity contribution in [3.63, 3.8) is 0 Å². The zero-order chi connectivity index (χ0) is 22.3. The summed E-state index contributed by atoms with van der Waals surface area (Å²) >= 11 is 6.19. The Bertz CT molecular complexity index is 1070. The summed E-state index contributed by atoms with van der Waals surface area (Å²) in [6.07, 6.45) is 3.04. The predicted octanol–water partition coefficient (Wildman–Crippen LogP) is 5.22. The SMILES string of the molecule is NOC(=O)CCc1ccc(COc2cccc3c2N(Cc2cccc(Cl)c2)CCC3)cc1. The van der Waals surface area contributed by atoms with Gasteiger partial charge in [-0.05, 0) is 59.7 Å². The molecule has 0 bridgehead atoms. The van der Waals surface area contributed by atoms with Crippen molar-refractivity contribution in [2.24, 2.45) is 5.90 Å². The minimum atomic E-state index is -0.409. The van der Waals surface area contributed by atoms with Crippen LogP contribution in [-0.4, -0.2) is 12.5 Å². The Labute approximate surface area is 193 Å². The van der Waals surface area contributed by atoms with Gasteiger partial charge < -0.3 is 14.5 Å². The van der Waals surface area contributed by atoms with Crippen LogP contribution in [0, 0.1) is 0 Å². The van der Waals surface area contributed by atoms with Gasteiger partial charge in [-0.1, -0.05) is 60.1 Å². The summed E-state index contributed by atoms with van der Waals surface area (Å²) in [6.45, 7) is 2.26. The Kier molecular flexibility index (Phi) is 7.30. The second-order valence-electron chi connectivity index (χ2n) is 8.01. The quantitative estimate of drug-likeness (QED) is 0.476. The molecule has 0 unspecified atom stereocenters. The zero-order valence-corrected chi connectivity index (χ0v) is 18.7. The molecule has 0 radical (unpaired) electrons. The summed E-state index contributed by atoms with van der Waals surface area (Å²) in [5.41, 5.74) is 5.82. The van der Waals surface area contributed by atoms with Crippen LogP contribution in [0.3, 0.4) is 0 Å². The van der Waals surface area contributed by atoms with Crippen LogP contribution in [0.1, 0.15) is 35.1 Å². The number of carbonyl (C=O) groups excluding carboxylic acids is 1. The van der Waals surface area contributed by atoms with Gasteiger partial charge in [0.05, 0.1) is 12.1 Å². The highest BCUT2D eigenvalue weighted by Crippen LogP contribution is 2.37. The van der Waals surface area contributed by atoms with E-state index in [1.54, 1.807) is 0 Å². The van der Waals surface area contributed by atoms with Crippen LogP contribution in [0.2, 0.25) is 5.02 Å². The first-order valence-corrected chi connectivity index (χ1v) is 11.2. The van der Waals surface area contributed by atoms with Gasteiger partial charge in [0.15, 0.2) is 0 Å². The number of hydrogen-bond acceptors (Lipinski definition) is 5. The molecular weight excluding hydrogens is 424 g/mol. The second-order valence-corrected chi connectivity index (χ2v) is 8.45. The summed E-state index contributed by atoms with van der Waals surface area (Å²) in [5.74, 6) is 5.38. The molecule has 0 aromatic heterocycles. The van der Waals surface area contributed by atoms with E-state index in [4.69, 9.17) is 22.2 Å². The first-order chi connectivity index (χ1) is 15.6. The fourth-order valence-corrected chi connectivity index (χ4v) is 4.31. The average molecular weight is 451 g/mol. The van der Waals surface area contributed by atoms with E-state index in [-0.39, 0.29) is 6.42 Å². The molecule has 1 aliphatic heterocycles. The molecule has 0 atom stereocenters. The standard InChI is InChI=1S/C26H27ClN2O3/c27-23-7-1-4-21(16-23)17-29-15-3-6-22-5-2-8-24(26(22)29)31-18-20-11-9-19(10-12-20)13-14-25(30)32-28/h1-2,4-5,7-12,16H,3,6,13-15,17-18,28H2. The Morgan fingerprint density at radius 3 is 2.56 bits per heavy atom. The van der Waals surface area contributed by atoms with Crippen LogP contribution in [-0.2, 0) is 35.6 Å². The highest BCUT2D eigenvalue weighted by molar-refractivity contribution is 6.30. The van der Waals surface area contributed by atoms with Crippen molar-refractivity contribution in [1.29, 1.82) is 0 Å². The highest BCUT2D eigenvalue weighted by atomic mass is 35.5. The lowest BCUT2D eigenvalue weighted by Gasteiger charge is -2.33. The molecular formula is C26H27ClN2O3. The summed E-state index contributed by atoms with van der Waals surface area (Å²) in [4.78, 5) is 17.8. The Hall–Kier alpha value is -3.02. The molecule has 4 rings (SSSR count). The van der Waals surface area contributed by atoms with E-state index in [0.717, 1.165) is 47.8 Å². The molecule has 0 spiro atoms. The molecule has 0 saturated heterocycles. The molecule has 32 heavy (non-hydrogen) atoms. The van der Waals surface area contributed by atoms with E-state index >= 15 is 0 Å². The lowest BCUT2D eigenvalue weighted by Crippen LogP contribution is -2.29. The number of aryl methyl sites for hydroxylation is 2. The second kappa shape index (κ2) is 10.5. The maximum atomic E-state index is 11.2. The van der Waals surface area contributed by atoms with E-state index in [2.05, 4.69) is 27.9 Å². The van der Waals surface area contributed by atoms with Crippen LogP contribution >= 0.6 is 11.6 Å². The van der Waals surface area contributed by atoms with Crippen LogP contribution < -0.4 is 15.5 Å². The van der Waals surface area contributed by atoms with Crippen LogP contribution in [0.5, 0.6) is 5.75 Å². The zero-order valence-electron chi connectivity index (χ0n) is 17.9. The maximum absolute atomic E-state index is 11.2. The molecule has 0 saturated carbocycles. The number of benzene rings is 3. The van der Waals surface area contributed by atoms with Gasteiger partial charge in [-0.2, -0.15) is 5.90 Å². The number of nitrogens with two attached hydrogens (primary N) is 1. The van der Waals surface area contributed by atoms with Gasteiger partial charge in [0, 0.05) is 18.1 Å². The first kappa shape index (κ1) is 22.2. The minimum absolute atomic E-state index is 0.269. The maximum Gasteiger partial charge on any atom is 0.324 e. The van der Waals surface area contributed by atoms with E-state index in [1.807, 2.05) is 48.5 Å². The monoisotopic (exact) mass is 450 g/mol. The lowest BCUT2D eigenvalue weighted by molar-refractivity contribution is -0.144. The Balaban J connectivity index is 1.45. The van der Waals surface area contributed by atoms with Gasteiger partial charge in [0.1, 0.15) is 12.4 Å². The van der Waals surface area contributed by atoms with E-state index < -0.39 is 5.97 Å². The van der Waals surface area contributed by atoms with Crippen LogP contribution in [0.25, 0.3) is 0 Å². The average Bonchev–Trinajstić information content (AvgIpc) is 2.82. The normalized spacial score (nSPS) is 12.9.